The van der Waals surface area contributed by atoms with Crippen molar-refractivity contribution in [1.29, 1.82) is 0 Å². The van der Waals surface area contributed by atoms with Crippen LogP contribution in [-0.4, -0.2) is 23.5 Å². The van der Waals surface area contributed by atoms with E-state index in [1.165, 1.54) is 11.3 Å². The zero-order valence-electron chi connectivity index (χ0n) is 11.6. The third-order valence-electron chi connectivity index (χ3n) is 3.80. The topological polar surface area (TPSA) is 57.6 Å². The van der Waals surface area contributed by atoms with Crippen LogP contribution in [0, 0.1) is 12.8 Å². The fourth-order valence-corrected chi connectivity index (χ4v) is 3.54. The van der Waals surface area contributed by atoms with Crippen LogP contribution in [0.1, 0.15) is 20.8 Å². The number of hydrogen-bond acceptors (Lipinski definition) is 3. The highest BCUT2D eigenvalue weighted by Gasteiger charge is 2.33. The van der Waals surface area contributed by atoms with Crippen LogP contribution in [0.5, 0.6) is 0 Å². The fraction of sp³-hybridized carbons (Fsp3) is 0.250. The molecule has 1 amide bonds. The first-order chi connectivity index (χ1) is 10.1. The van der Waals surface area contributed by atoms with E-state index < -0.39 is 11.9 Å². The van der Waals surface area contributed by atoms with Crippen molar-refractivity contribution in [1.82, 2.24) is 0 Å². The van der Waals surface area contributed by atoms with Crippen LogP contribution in [0.3, 0.4) is 0 Å². The number of rotatable bonds is 2. The fourth-order valence-electron chi connectivity index (χ4n) is 2.67. The highest BCUT2D eigenvalue weighted by atomic mass is 32.1. The van der Waals surface area contributed by atoms with Gasteiger partial charge in [0.25, 0.3) is 5.91 Å². The summed E-state index contributed by atoms with van der Waals surface area (Å²) in [6.45, 7) is 2.12. The van der Waals surface area contributed by atoms with Gasteiger partial charge in [-0.2, -0.15) is 0 Å². The van der Waals surface area contributed by atoms with Gasteiger partial charge in [-0.3, -0.25) is 9.59 Å². The largest absolute Gasteiger partial charge is 0.481 e. The molecule has 1 aliphatic rings. The number of aryl methyl sites for hydroxylation is 1. The van der Waals surface area contributed by atoms with Crippen molar-refractivity contribution in [2.75, 3.05) is 11.4 Å². The average molecular weight is 301 g/mol. The molecule has 2 aromatic rings. The van der Waals surface area contributed by atoms with E-state index >= 15 is 0 Å². The molecule has 0 saturated carbocycles. The molecule has 21 heavy (non-hydrogen) atoms. The summed E-state index contributed by atoms with van der Waals surface area (Å²) >= 11 is 1.40. The number of carboxylic acid groups (broad SMARTS) is 1. The van der Waals surface area contributed by atoms with Crippen LogP contribution in [0.2, 0.25) is 0 Å². The Morgan fingerprint density at radius 2 is 2.05 bits per heavy atom. The Morgan fingerprint density at radius 3 is 2.71 bits per heavy atom. The maximum atomic E-state index is 12.8. The lowest BCUT2D eigenvalue weighted by atomic mass is 9.92. The summed E-state index contributed by atoms with van der Waals surface area (Å²) in [4.78, 5) is 26.4. The minimum absolute atomic E-state index is 0.110. The number of aliphatic carboxylic acids is 1. The molecule has 3 rings (SSSR count). The molecule has 0 spiro atoms. The molecule has 0 aliphatic carbocycles. The van der Waals surface area contributed by atoms with Crippen molar-refractivity contribution in [3.63, 3.8) is 0 Å². The molecule has 1 N–H and O–H groups in total. The molecule has 5 heteroatoms. The van der Waals surface area contributed by atoms with E-state index in [2.05, 4.69) is 0 Å². The number of para-hydroxylation sites is 1. The van der Waals surface area contributed by atoms with Crippen LogP contribution in [-0.2, 0) is 11.2 Å². The molecule has 1 aliphatic heterocycles. The highest BCUT2D eigenvalue weighted by molar-refractivity contribution is 7.12. The SMILES string of the molecule is Cc1ccsc1C(=O)N1CC(C(=O)O)Cc2ccccc21. The maximum absolute atomic E-state index is 12.8. The first kappa shape index (κ1) is 13.8. The Balaban J connectivity index is 2.02. The van der Waals surface area contributed by atoms with E-state index in [9.17, 15) is 14.7 Å². The number of anilines is 1. The first-order valence-corrected chi connectivity index (χ1v) is 7.62. The number of benzene rings is 1. The van der Waals surface area contributed by atoms with Gasteiger partial charge in [-0.05, 0) is 42.0 Å². The molecule has 0 saturated heterocycles. The second-order valence-corrected chi connectivity index (χ2v) is 6.13. The van der Waals surface area contributed by atoms with Crippen molar-refractivity contribution < 1.29 is 14.7 Å². The normalized spacial score (nSPS) is 17.4. The minimum atomic E-state index is -0.856. The highest BCUT2D eigenvalue weighted by Crippen LogP contribution is 2.32. The third-order valence-corrected chi connectivity index (χ3v) is 4.81. The molecule has 1 aromatic carbocycles. The zero-order valence-corrected chi connectivity index (χ0v) is 12.4. The number of carbonyl (C=O) groups is 2. The van der Waals surface area contributed by atoms with Crippen molar-refractivity contribution in [3.8, 4) is 0 Å². The second-order valence-electron chi connectivity index (χ2n) is 5.22. The van der Waals surface area contributed by atoms with E-state index in [0.29, 0.717) is 11.3 Å². The average Bonchev–Trinajstić information content (AvgIpc) is 2.91. The minimum Gasteiger partial charge on any atom is -0.481 e. The number of fused-ring (bicyclic) bond motifs is 1. The lowest BCUT2D eigenvalue weighted by Gasteiger charge is -2.32. The van der Waals surface area contributed by atoms with Gasteiger partial charge < -0.3 is 10.0 Å². The van der Waals surface area contributed by atoms with E-state index in [-0.39, 0.29) is 12.5 Å². The van der Waals surface area contributed by atoms with E-state index in [4.69, 9.17) is 0 Å². The predicted octanol–water partition coefficient (Wildman–Crippen LogP) is 2.96. The van der Waals surface area contributed by atoms with Crippen LogP contribution in [0.4, 0.5) is 5.69 Å². The Bertz CT molecular complexity index is 707. The number of carboxylic acids is 1. The van der Waals surface area contributed by atoms with Crippen LogP contribution in [0.15, 0.2) is 35.7 Å². The summed E-state index contributed by atoms with van der Waals surface area (Å²) in [5.41, 5.74) is 2.67. The van der Waals surface area contributed by atoms with E-state index in [1.54, 1.807) is 4.90 Å². The zero-order chi connectivity index (χ0) is 15.0. The molecule has 1 aromatic heterocycles. The number of thiophene rings is 1. The molecule has 2 heterocycles. The standard InChI is InChI=1S/C16H15NO3S/c1-10-6-7-21-14(10)15(18)17-9-12(16(19)20)8-11-4-2-3-5-13(11)17/h2-7,12H,8-9H2,1H3,(H,19,20). The molecule has 4 nitrogen and oxygen atoms in total. The Morgan fingerprint density at radius 1 is 1.29 bits per heavy atom. The molecule has 0 bridgehead atoms. The van der Waals surface area contributed by atoms with Gasteiger partial charge in [0.15, 0.2) is 0 Å². The van der Waals surface area contributed by atoms with E-state index in [1.807, 2.05) is 42.6 Å². The summed E-state index contributed by atoms with van der Waals surface area (Å²) in [5.74, 6) is -1.52. The molecular formula is C16H15NO3S. The third kappa shape index (κ3) is 2.45. The van der Waals surface area contributed by atoms with E-state index in [0.717, 1.165) is 16.8 Å². The number of hydrogen-bond donors (Lipinski definition) is 1. The second kappa shape index (κ2) is 5.33. The number of amides is 1. The van der Waals surface area contributed by atoms with Gasteiger partial charge in [0, 0.05) is 12.2 Å². The quantitative estimate of drug-likeness (QED) is 0.927. The molecule has 1 atom stereocenters. The molecule has 0 fully saturated rings. The van der Waals surface area contributed by atoms with Gasteiger partial charge in [-0.25, -0.2) is 0 Å². The van der Waals surface area contributed by atoms with Gasteiger partial charge in [-0.1, -0.05) is 18.2 Å². The smallest absolute Gasteiger partial charge is 0.308 e. The first-order valence-electron chi connectivity index (χ1n) is 6.74. The Hall–Kier alpha value is -2.14. The van der Waals surface area contributed by atoms with Crippen molar-refractivity contribution >= 4 is 28.9 Å². The molecule has 108 valence electrons. The van der Waals surface area contributed by atoms with Crippen molar-refractivity contribution in [2.24, 2.45) is 5.92 Å². The summed E-state index contributed by atoms with van der Waals surface area (Å²) in [6.07, 6.45) is 0.471. The number of carbonyl (C=O) groups excluding carboxylic acids is 1. The Labute approximate surface area is 126 Å². The van der Waals surface area contributed by atoms with Gasteiger partial charge in [0.2, 0.25) is 0 Å². The van der Waals surface area contributed by atoms with Gasteiger partial charge in [0.1, 0.15) is 0 Å². The van der Waals surface area contributed by atoms with Crippen LogP contribution < -0.4 is 4.90 Å². The summed E-state index contributed by atoms with van der Waals surface area (Å²) in [6, 6.07) is 9.44. The lowest BCUT2D eigenvalue weighted by molar-refractivity contribution is -0.141. The van der Waals surface area contributed by atoms with Crippen molar-refractivity contribution in [3.05, 3.63) is 51.7 Å². The number of nitrogens with zero attached hydrogens (tertiary/aromatic N) is 1. The molecule has 0 radical (unpaired) electrons. The molecule has 1 unspecified atom stereocenters. The van der Waals surface area contributed by atoms with Gasteiger partial charge in [-0.15, -0.1) is 11.3 Å². The maximum Gasteiger partial charge on any atom is 0.308 e. The summed E-state index contributed by atoms with van der Waals surface area (Å²) in [7, 11) is 0. The Kier molecular flexibility index (Phi) is 3.51. The lowest BCUT2D eigenvalue weighted by Crippen LogP contribution is -2.42. The van der Waals surface area contributed by atoms with Crippen LogP contribution in [0.25, 0.3) is 0 Å². The van der Waals surface area contributed by atoms with Gasteiger partial charge in [0.05, 0.1) is 10.8 Å². The summed E-state index contributed by atoms with van der Waals surface area (Å²) < 4.78 is 0. The summed E-state index contributed by atoms with van der Waals surface area (Å²) in [5, 5.41) is 11.2. The molecular weight excluding hydrogens is 286 g/mol. The van der Waals surface area contributed by atoms with Gasteiger partial charge >= 0.3 is 5.97 Å². The monoisotopic (exact) mass is 301 g/mol. The predicted molar refractivity (Wildman–Crippen MR) is 82.0 cm³/mol. The van der Waals surface area contributed by atoms with Crippen molar-refractivity contribution in [2.45, 2.75) is 13.3 Å². The van der Waals surface area contributed by atoms with Crippen LogP contribution >= 0.6 is 11.3 Å².